The maximum absolute atomic E-state index is 13.0. The van der Waals surface area contributed by atoms with Crippen molar-refractivity contribution in [1.29, 1.82) is 0 Å². The van der Waals surface area contributed by atoms with E-state index in [9.17, 15) is 30.8 Å². The van der Waals surface area contributed by atoms with Gasteiger partial charge in [-0.15, -0.1) is 0 Å². The molecule has 0 saturated carbocycles. The smallest absolute Gasteiger partial charge is 0.351 e. The van der Waals surface area contributed by atoms with E-state index < -0.39 is 44.4 Å². The molecule has 27 heavy (non-hydrogen) atoms. The average molecular weight is 404 g/mol. The molecule has 10 heteroatoms. The summed E-state index contributed by atoms with van der Waals surface area (Å²) in [6, 6.07) is 7.63. The van der Waals surface area contributed by atoms with E-state index in [4.69, 9.17) is 0 Å². The second-order valence-electron chi connectivity index (χ2n) is 5.68. The molecular formula is C17H16F4N2O3S. The molecule has 0 radical (unpaired) electrons. The van der Waals surface area contributed by atoms with Crippen LogP contribution in [0.2, 0.25) is 0 Å². The van der Waals surface area contributed by atoms with E-state index in [0.29, 0.717) is 11.6 Å². The number of halogens is 4. The van der Waals surface area contributed by atoms with Crippen molar-refractivity contribution in [2.24, 2.45) is 0 Å². The fourth-order valence-corrected chi connectivity index (χ4v) is 3.66. The van der Waals surface area contributed by atoms with Crippen molar-refractivity contribution in [3.63, 3.8) is 0 Å². The molecule has 2 aromatic rings. The van der Waals surface area contributed by atoms with Crippen molar-refractivity contribution in [3.05, 3.63) is 65.5 Å². The minimum Gasteiger partial charge on any atom is -0.351 e. The van der Waals surface area contributed by atoms with Crippen LogP contribution in [0.1, 0.15) is 18.1 Å². The molecule has 1 unspecified atom stereocenters. The SMILES string of the molecule is CC(NS(=O)(=O)c1ccccc1C(F)(F)F)C(=O)NCc1ccc(F)cc1. The molecule has 0 aromatic heterocycles. The van der Waals surface area contributed by atoms with Gasteiger partial charge >= 0.3 is 6.18 Å². The molecule has 146 valence electrons. The lowest BCUT2D eigenvalue weighted by atomic mass is 10.2. The summed E-state index contributed by atoms with van der Waals surface area (Å²) in [5.41, 5.74) is -0.751. The van der Waals surface area contributed by atoms with Crippen LogP contribution in [-0.2, 0) is 27.5 Å². The van der Waals surface area contributed by atoms with Gasteiger partial charge in [-0.2, -0.15) is 17.9 Å². The number of rotatable bonds is 6. The van der Waals surface area contributed by atoms with Gasteiger partial charge in [-0.1, -0.05) is 24.3 Å². The largest absolute Gasteiger partial charge is 0.417 e. The summed E-state index contributed by atoms with van der Waals surface area (Å²) in [4.78, 5) is 11.1. The highest BCUT2D eigenvalue weighted by molar-refractivity contribution is 7.89. The van der Waals surface area contributed by atoms with Crippen molar-refractivity contribution in [2.75, 3.05) is 0 Å². The van der Waals surface area contributed by atoms with Crippen LogP contribution in [0.4, 0.5) is 17.6 Å². The number of sulfonamides is 1. The molecule has 0 bridgehead atoms. The highest BCUT2D eigenvalue weighted by Crippen LogP contribution is 2.33. The summed E-state index contributed by atoms with van der Waals surface area (Å²) in [6.45, 7) is 1.21. The first kappa shape index (κ1) is 20.8. The highest BCUT2D eigenvalue weighted by Gasteiger charge is 2.37. The molecule has 0 spiro atoms. The molecular weight excluding hydrogens is 388 g/mol. The molecule has 2 N–H and O–H groups in total. The number of hydrogen-bond acceptors (Lipinski definition) is 3. The first-order chi connectivity index (χ1) is 12.5. The van der Waals surface area contributed by atoms with Crippen molar-refractivity contribution in [1.82, 2.24) is 10.0 Å². The molecule has 0 fully saturated rings. The van der Waals surface area contributed by atoms with E-state index in [0.717, 1.165) is 18.2 Å². The Balaban J connectivity index is 2.09. The van der Waals surface area contributed by atoms with Gasteiger partial charge in [-0.25, -0.2) is 12.8 Å². The Morgan fingerprint density at radius 2 is 1.67 bits per heavy atom. The Morgan fingerprint density at radius 3 is 2.26 bits per heavy atom. The van der Waals surface area contributed by atoms with E-state index in [1.165, 1.54) is 31.2 Å². The number of carbonyl (C=O) groups excluding carboxylic acids is 1. The number of nitrogens with one attached hydrogen (secondary N) is 2. The summed E-state index contributed by atoms with van der Waals surface area (Å²) in [7, 11) is -4.59. The minimum absolute atomic E-state index is 0.00428. The fraction of sp³-hybridized carbons (Fsp3) is 0.235. The first-order valence-electron chi connectivity index (χ1n) is 7.71. The van der Waals surface area contributed by atoms with Crippen LogP contribution in [0.5, 0.6) is 0 Å². The molecule has 1 atom stereocenters. The van der Waals surface area contributed by atoms with Gasteiger partial charge in [0.05, 0.1) is 16.5 Å². The second-order valence-corrected chi connectivity index (χ2v) is 7.36. The van der Waals surface area contributed by atoms with Crippen LogP contribution >= 0.6 is 0 Å². The zero-order valence-electron chi connectivity index (χ0n) is 14.0. The zero-order valence-corrected chi connectivity index (χ0v) is 14.9. The van der Waals surface area contributed by atoms with E-state index in [2.05, 4.69) is 5.32 Å². The molecule has 0 aliphatic rings. The zero-order chi connectivity index (χ0) is 20.2. The van der Waals surface area contributed by atoms with Gasteiger partial charge in [0, 0.05) is 6.54 Å². The maximum Gasteiger partial charge on any atom is 0.417 e. The van der Waals surface area contributed by atoms with Crippen LogP contribution in [0.15, 0.2) is 53.4 Å². The third-order valence-electron chi connectivity index (χ3n) is 3.59. The van der Waals surface area contributed by atoms with E-state index >= 15 is 0 Å². The maximum atomic E-state index is 13.0. The Kier molecular flexibility index (Phi) is 6.22. The van der Waals surface area contributed by atoms with Crippen LogP contribution in [0, 0.1) is 5.82 Å². The molecule has 0 aliphatic carbocycles. The Labute approximate surface area is 153 Å². The van der Waals surface area contributed by atoms with Crippen LogP contribution in [-0.4, -0.2) is 20.4 Å². The molecule has 1 amide bonds. The van der Waals surface area contributed by atoms with Crippen LogP contribution in [0.25, 0.3) is 0 Å². The van der Waals surface area contributed by atoms with E-state index in [-0.39, 0.29) is 6.54 Å². The Hall–Kier alpha value is -2.46. The summed E-state index contributed by atoms with van der Waals surface area (Å²) >= 11 is 0. The van der Waals surface area contributed by atoms with Gasteiger partial charge in [0.15, 0.2) is 0 Å². The van der Waals surface area contributed by atoms with Gasteiger partial charge in [0.2, 0.25) is 15.9 Å². The summed E-state index contributed by atoms with van der Waals surface area (Å²) < 4.78 is 78.4. The molecule has 0 saturated heterocycles. The lowest BCUT2D eigenvalue weighted by Gasteiger charge is -2.17. The lowest BCUT2D eigenvalue weighted by Crippen LogP contribution is -2.44. The number of hydrogen-bond donors (Lipinski definition) is 2. The number of alkyl halides is 3. The minimum atomic E-state index is -4.86. The quantitative estimate of drug-likeness (QED) is 0.727. The number of carbonyl (C=O) groups is 1. The topological polar surface area (TPSA) is 75.3 Å². The molecule has 2 rings (SSSR count). The second kappa shape index (κ2) is 8.05. The third kappa shape index (κ3) is 5.51. The summed E-state index contributed by atoms with van der Waals surface area (Å²) in [5, 5.41) is 2.43. The summed E-state index contributed by atoms with van der Waals surface area (Å²) in [6.07, 6.45) is -4.86. The Bertz CT molecular complexity index is 913. The number of amides is 1. The summed E-state index contributed by atoms with van der Waals surface area (Å²) in [5.74, 6) is -1.19. The molecule has 5 nitrogen and oxygen atoms in total. The standard InChI is InChI=1S/C17H16F4N2O3S/c1-11(16(24)22-10-12-6-8-13(18)9-7-12)23-27(25,26)15-5-3-2-4-14(15)17(19,20)21/h2-9,11,23H,10H2,1H3,(H,22,24). The number of benzene rings is 2. The van der Waals surface area contributed by atoms with E-state index in [1.807, 2.05) is 4.72 Å². The first-order valence-corrected chi connectivity index (χ1v) is 9.20. The monoisotopic (exact) mass is 404 g/mol. The van der Waals surface area contributed by atoms with Crippen molar-refractivity contribution in [2.45, 2.75) is 30.6 Å². The fourth-order valence-electron chi connectivity index (χ4n) is 2.23. The van der Waals surface area contributed by atoms with Gasteiger partial charge in [0.1, 0.15) is 5.82 Å². The normalized spacial score (nSPS) is 13.2. The van der Waals surface area contributed by atoms with E-state index in [1.54, 1.807) is 0 Å². The van der Waals surface area contributed by atoms with Gasteiger partial charge < -0.3 is 5.32 Å². The predicted octanol–water partition coefficient (Wildman–Crippen LogP) is 2.83. The van der Waals surface area contributed by atoms with Crippen molar-refractivity contribution in [3.8, 4) is 0 Å². The Morgan fingerprint density at radius 1 is 1.07 bits per heavy atom. The van der Waals surface area contributed by atoms with Gasteiger partial charge in [-0.05, 0) is 36.8 Å². The lowest BCUT2D eigenvalue weighted by molar-refractivity contribution is -0.139. The average Bonchev–Trinajstić information content (AvgIpc) is 2.60. The van der Waals surface area contributed by atoms with Gasteiger partial charge in [-0.3, -0.25) is 4.79 Å². The molecule has 0 aliphatic heterocycles. The molecule has 2 aromatic carbocycles. The highest BCUT2D eigenvalue weighted by atomic mass is 32.2. The van der Waals surface area contributed by atoms with Crippen molar-refractivity contribution < 1.29 is 30.8 Å². The van der Waals surface area contributed by atoms with Crippen LogP contribution in [0.3, 0.4) is 0 Å². The molecule has 0 heterocycles. The third-order valence-corrected chi connectivity index (χ3v) is 5.19. The van der Waals surface area contributed by atoms with Gasteiger partial charge in [0.25, 0.3) is 0 Å². The predicted molar refractivity (Wildman–Crippen MR) is 89.5 cm³/mol. The van der Waals surface area contributed by atoms with Crippen LogP contribution < -0.4 is 10.0 Å². The van der Waals surface area contributed by atoms with Crippen molar-refractivity contribution >= 4 is 15.9 Å².